The van der Waals surface area contributed by atoms with E-state index in [-0.39, 0.29) is 30.0 Å². The molecule has 0 bridgehead atoms. The summed E-state index contributed by atoms with van der Waals surface area (Å²) in [5, 5.41) is 18.9. The first kappa shape index (κ1) is 12.7. The number of hydrogen-bond acceptors (Lipinski definition) is 4. The number of likely N-dealkylation sites (tertiary alicyclic amines) is 1. The van der Waals surface area contributed by atoms with E-state index in [1.807, 2.05) is 6.92 Å². The van der Waals surface area contributed by atoms with E-state index in [2.05, 4.69) is 0 Å². The number of benzene rings is 1. The fourth-order valence-electron chi connectivity index (χ4n) is 2.38. The molecule has 0 aliphatic carbocycles. The molecule has 1 aliphatic rings. The van der Waals surface area contributed by atoms with Gasteiger partial charge in [-0.1, -0.05) is 6.92 Å². The number of aromatic hydroxyl groups is 1. The highest BCUT2D eigenvalue weighted by atomic mass is 16.3. The molecule has 2 rings (SSSR count). The van der Waals surface area contributed by atoms with Gasteiger partial charge in [0, 0.05) is 12.1 Å². The van der Waals surface area contributed by atoms with Crippen molar-refractivity contribution in [1.82, 2.24) is 4.90 Å². The minimum atomic E-state index is -0.172. The highest BCUT2D eigenvalue weighted by Gasteiger charge is 2.34. The zero-order valence-electron chi connectivity index (χ0n) is 10.3. The van der Waals surface area contributed by atoms with Crippen molar-refractivity contribution in [1.29, 1.82) is 0 Å². The number of amides is 1. The third-order valence-corrected chi connectivity index (χ3v) is 3.61. The van der Waals surface area contributed by atoms with Gasteiger partial charge in [-0.3, -0.25) is 4.79 Å². The van der Waals surface area contributed by atoms with Crippen LogP contribution in [0.2, 0.25) is 0 Å². The average molecular weight is 250 g/mol. The van der Waals surface area contributed by atoms with Crippen molar-refractivity contribution in [3.8, 4) is 5.75 Å². The fourth-order valence-corrected chi connectivity index (χ4v) is 2.38. The van der Waals surface area contributed by atoms with Crippen molar-refractivity contribution >= 4 is 11.6 Å². The Balaban J connectivity index is 2.23. The molecule has 0 spiro atoms. The van der Waals surface area contributed by atoms with Crippen molar-refractivity contribution in [2.75, 3.05) is 18.9 Å². The van der Waals surface area contributed by atoms with Crippen LogP contribution >= 0.6 is 0 Å². The van der Waals surface area contributed by atoms with Crippen LogP contribution in [-0.4, -0.2) is 40.2 Å². The number of carbonyl (C=O) groups is 1. The number of phenols is 1. The topological polar surface area (TPSA) is 86.8 Å². The maximum absolute atomic E-state index is 12.3. The van der Waals surface area contributed by atoms with Crippen molar-refractivity contribution in [2.24, 2.45) is 5.92 Å². The maximum atomic E-state index is 12.3. The number of anilines is 1. The molecular formula is C13H18N2O3. The Labute approximate surface area is 106 Å². The van der Waals surface area contributed by atoms with Crippen LogP contribution in [0.4, 0.5) is 5.69 Å². The van der Waals surface area contributed by atoms with Gasteiger partial charge in [0.1, 0.15) is 5.75 Å². The van der Waals surface area contributed by atoms with Gasteiger partial charge < -0.3 is 20.8 Å². The second-order valence-electron chi connectivity index (χ2n) is 4.79. The molecule has 1 aromatic carbocycles. The number of carbonyl (C=O) groups excluding carboxylic acids is 1. The lowest BCUT2D eigenvalue weighted by Gasteiger charge is -2.25. The molecule has 18 heavy (non-hydrogen) atoms. The second kappa shape index (κ2) is 4.86. The maximum Gasteiger partial charge on any atom is 0.254 e. The molecule has 1 amide bonds. The molecule has 2 atom stereocenters. The van der Waals surface area contributed by atoms with Crippen LogP contribution in [0.1, 0.15) is 23.7 Å². The molecule has 0 aromatic heterocycles. The minimum absolute atomic E-state index is 0.0339. The predicted molar refractivity (Wildman–Crippen MR) is 68.2 cm³/mol. The summed E-state index contributed by atoms with van der Waals surface area (Å²) in [5.74, 6) is 0.0312. The van der Waals surface area contributed by atoms with Crippen molar-refractivity contribution in [2.45, 2.75) is 19.4 Å². The second-order valence-corrected chi connectivity index (χ2v) is 4.79. The highest BCUT2D eigenvalue weighted by molar-refractivity contribution is 5.95. The zero-order valence-corrected chi connectivity index (χ0v) is 10.3. The molecule has 0 saturated carbocycles. The Bertz CT molecular complexity index is 462. The molecule has 4 N–H and O–H groups in total. The summed E-state index contributed by atoms with van der Waals surface area (Å²) in [6, 6.07) is 4.33. The first-order chi connectivity index (χ1) is 8.54. The molecule has 1 aromatic rings. The Morgan fingerprint density at radius 1 is 1.56 bits per heavy atom. The SMILES string of the molecule is CC1CCN(C(=O)c2ccc(N)c(O)c2)C1CO. The summed E-state index contributed by atoms with van der Waals surface area (Å²) in [7, 11) is 0. The van der Waals surface area contributed by atoms with Gasteiger partial charge in [0.15, 0.2) is 0 Å². The molecule has 5 nitrogen and oxygen atoms in total. The van der Waals surface area contributed by atoms with Gasteiger partial charge in [-0.15, -0.1) is 0 Å². The molecule has 98 valence electrons. The summed E-state index contributed by atoms with van der Waals surface area (Å²) in [6.45, 7) is 2.62. The Morgan fingerprint density at radius 3 is 2.89 bits per heavy atom. The number of nitrogen functional groups attached to an aromatic ring is 1. The zero-order chi connectivity index (χ0) is 13.3. The van der Waals surface area contributed by atoms with Crippen LogP contribution in [0.25, 0.3) is 0 Å². The molecule has 2 unspecified atom stereocenters. The summed E-state index contributed by atoms with van der Waals surface area (Å²) in [5.41, 5.74) is 6.15. The summed E-state index contributed by atoms with van der Waals surface area (Å²) in [6.07, 6.45) is 0.887. The van der Waals surface area contributed by atoms with Gasteiger partial charge in [-0.25, -0.2) is 0 Å². The van der Waals surface area contributed by atoms with Gasteiger partial charge in [0.25, 0.3) is 5.91 Å². The lowest BCUT2D eigenvalue weighted by atomic mass is 10.0. The number of phenolic OH excluding ortho intramolecular Hbond substituents is 1. The highest BCUT2D eigenvalue weighted by Crippen LogP contribution is 2.27. The molecular weight excluding hydrogens is 232 g/mol. The lowest BCUT2D eigenvalue weighted by molar-refractivity contribution is 0.0648. The van der Waals surface area contributed by atoms with Crippen LogP contribution in [-0.2, 0) is 0 Å². The van der Waals surface area contributed by atoms with Gasteiger partial charge in [0.05, 0.1) is 18.3 Å². The largest absolute Gasteiger partial charge is 0.506 e. The van der Waals surface area contributed by atoms with Crippen LogP contribution in [0.5, 0.6) is 5.75 Å². The third-order valence-electron chi connectivity index (χ3n) is 3.61. The standard InChI is InChI=1S/C13H18N2O3/c1-8-4-5-15(11(8)7-16)13(18)9-2-3-10(14)12(17)6-9/h2-3,6,8,11,16-17H,4-5,7,14H2,1H3. The smallest absolute Gasteiger partial charge is 0.254 e. The van der Waals surface area contributed by atoms with Crippen LogP contribution < -0.4 is 5.73 Å². The fraction of sp³-hybridized carbons (Fsp3) is 0.462. The number of nitrogens with zero attached hydrogens (tertiary/aromatic N) is 1. The quantitative estimate of drug-likeness (QED) is 0.535. The molecule has 1 heterocycles. The molecule has 1 saturated heterocycles. The molecule has 1 aliphatic heterocycles. The molecule has 5 heteroatoms. The summed E-state index contributed by atoms with van der Waals surface area (Å²) < 4.78 is 0. The average Bonchev–Trinajstić information content (AvgIpc) is 2.73. The van der Waals surface area contributed by atoms with Crippen molar-refractivity contribution < 1.29 is 15.0 Å². The lowest BCUT2D eigenvalue weighted by Crippen LogP contribution is -2.39. The Morgan fingerprint density at radius 2 is 2.28 bits per heavy atom. The van der Waals surface area contributed by atoms with Crippen molar-refractivity contribution in [3.63, 3.8) is 0 Å². The van der Waals surface area contributed by atoms with E-state index in [1.54, 1.807) is 11.0 Å². The molecule has 1 fully saturated rings. The number of nitrogens with two attached hydrogens (primary N) is 1. The number of aliphatic hydroxyl groups excluding tert-OH is 1. The summed E-state index contributed by atoms with van der Waals surface area (Å²) >= 11 is 0. The van der Waals surface area contributed by atoms with E-state index in [0.29, 0.717) is 18.0 Å². The number of aliphatic hydroxyl groups is 1. The van der Waals surface area contributed by atoms with E-state index in [0.717, 1.165) is 6.42 Å². The van der Waals surface area contributed by atoms with Crippen LogP contribution in [0.3, 0.4) is 0 Å². The van der Waals surface area contributed by atoms with E-state index in [9.17, 15) is 15.0 Å². The predicted octanol–water partition coefficient (Wildman–Crippen LogP) is 0.817. The van der Waals surface area contributed by atoms with E-state index in [1.165, 1.54) is 12.1 Å². The number of hydrogen-bond donors (Lipinski definition) is 3. The van der Waals surface area contributed by atoms with Gasteiger partial charge in [0.2, 0.25) is 0 Å². The van der Waals surface area contributed by atoms with E-state index >= 15 is 0 Å². The monoisotopic (exact) mass is 250 g/mol. The summed E-state index contributed by atoms with van der Waals surface area (Å²) in [4.78, 5) is 14.0. The number of rotatable bonds is 2. The van der Waals surface area contributed by atoms with E-state index < -0.39 is 0 Å². The first-order valence-electron chi connectivity index (χ1n) is 6.05. The van der Waals surface area contributed by atoms with E-state index in [4.69, 9.17) is 5.73 Å². The van der Waals surface area contributed by atoms with Crippen LogP contribution in [0, 0.1) is 5.92 Å². The Hall–Kier alpha value is -1.75. The van der Waals surface area contributed by atoms with Crippen LogP contribution in [0.15, 0.2) is 18.2 Å². The molecule has 0 radical (unpaired) electrons. The first-order valence-corrected chi connectivity index (χ1v) is 6.05. The van der Waals surface area contributed by atoms with Gasteiger partial charge in [-0.05, 0) is 30.5 Å². The van der Waals surface area contributed by atoms with Gasteiger partial charge >= 0.3 is 0 Å². The minimum Gasteiger partial charge on any atom is -0.506 e. The third kappa shape index (κ3) is 2.13. The van der Waals surface area contributed by atoms with Crippen molar-refractivity contribution in [3.05, 3.63) is 23.8 Å². The Kier molecular flexibility index (Phi) is 3.43. The normalized spacial score (nSPS) is 23.3. The van der Waals surface area contributed by atoms with Gasteiger partial charge in [-0.2, -0.15) is 0 Å².